The predicted molar refractivity (Wildman–Crippen MR) is 42.3 cm³/mol. The van der Waals surface area contributed by atoms with Gasteiger partial charge in [-0.25, -0.2) is 4.39 Å². The molecular formula is C8H6FNO3. The van der Waals surface area contributed by atoms with Crippen LogP contribution in [0.2, 0.25) is 0 Å². The van der Waals surface area contributed by atoms with Gasteiger partial charge in [0.05, 0.1) is 17.6 Å². The van der Waals surface area contributed by atoms with Crippen LogP contribution in [0, 0.1) is 15.9 Å². The summed E-state index contributed by atoms with van der Waals surface area (Å²) in [5.74, 6) is -0.373. The van der Waals surface area contributed by atoms with Crippen molar-refractivity contribution in [2.45, 2.75) is 6.42 Å². The maximum absolute atomic E-state index is 12.8. The van der Waals surface area contributed by atoms with Crippen LogP contribution in [0.15, 0.2) is 12.1 Å². The summed E-state index contributed by atoms with van der Waals surface area (Å²) in [4.78, 5) is 9.84. The Morgan fingerprint density at radius 2 is 2.31 bits per heavy atom. The summed E-state index contributed by atoms with van der Waals surface area (Å²) in [5.41, 5.74) is 0.291. The molecule has 0 bridgehead atoms. The number of nitro benzene ring substituents is 1. The second kappa shape index (κ2) is 2.69. The van der Waals surface area contributed by atoms with Crippen LogP contribution in [0.5, 0.6) is 5.75 Å². The first kappa shape index (κ1) is 7.97. The molecule has 1 heterocycles. The van der Waals surface area contributed by atoms with Gasteiger partial charge >= 0.3 is 5.69 Å². The molecule has 1 aliphatic rings. The Morgan fingerprint density at radius 3 is 3.00 bits per heavy atom. The van der Waals surface area contributed by atoms with Crippen LogP contribution >= 0.6 is 0 Å². The molecule has 0 aliphatic carbocycles. The Kier molecular flexibility index (Phi) is 1.65. The maximum atomic E-state index is 12.8. The molecule has 5 heteroatoms. The largest absolute Gasteiger partial charge is 0.486 e. The zero-order chi connectivity index (χ0) is 9.42. The highest BCUT2D eigenvalue weighted by Crippen LogP contribution is 2.35. The molecule has 0 unspecified atom stereocenters. The summed E-state index contributed by atoms with van der Waals surface area (Å²) >= 11 is 0. The lowest BCUT2D eigenvalue weighted by Crippen LogP contribution is -1.94. The highest BCUT2D eigenvalue weighted by Gasteiger charge is 2.25. The molecule has 68 valence electrons. The summed E-state index contributed by atoms with van der Waals surface area (Å²) < 4.78 is 17.9. The van der Waals surface area contributed by atoms with Crippen LogP contribution in [-0.4, -0.2) is 11.5 Å². The molecular weight excluding hydrogens is 177 g/mol. The molecule has 4 nitrogen and oxygen atoms in total. The van der Waals surface area contributed by atoms with Gasteiger partial charge in [-0.05, 0) is 6.07 Å². The van der Waals surface area contributed by atoms with Crippen molar-refractivity contribution in [3.63, 3.8) is 0 Å². The van der Waals surface area contributed by atoms with Gasteiger partial charge in [0.15, 0.2) is 0 Å². The minimum absolute atomic E-state index is 0.214. The third kappa shape index (κ3) is 1.22. The number of hydrogen-bond donors (Lipinski definition) is 0. The zero-order valence-corrected chi connectivity index (χ0v) is 6.62. The molecule has 0 atom stereocenters. The number of halogens is 1. The highest BCUT2D eigenvalue weighted by molar-refractivity contribution is 5.53. The molecule has 0 radical (unpaired) electrons. The maximum Gasteiger partial charge on any atom is 0.314 e. The van der Waals surface area contributed by atoms with E-state index in [1.54, 1.807) is 0 Å². The summed E-state index contributed by atoms with van der Waals surface area (Å²) in [6, 6.07) is 2.15. The molecule has 2 rings (SSSR count). The van der Waals surface area contributed by atoms with Crippen molar-refractivity contribution in [2.24, 2.45) is 0 Å². The smallest absolute Gasteiger partial charge is 0.314 e. The first-order chi connectivity index (χ1) is 6.18. The number of nitro groups is 1. The molecule has 0 aromatic heterocycles. The number of fused-ring (bicyclic) bond motifs is 1. The fraction of sp³-hybridized carbons (Fsp3) is 0.250. The van der Waals surface area contributed by atoms with Crippen molar-refractivity contribution in [1.82, 2.24) is 0 Å². The third-order valence-corrected chi connectivity index (χ3v) is 1.93. The van der Waals surface area contributed by atoms with Gasteiger partial charge in [0.1, 0.15) is 5.82 Å². The lowest BCUT2D eigenvalue weighted by Gasteiger charge is -1.99. The van der Waals surface area contributed by atoms with Gasteiger partial charge in [-0.2, -0.15) is 0 Å². The number of hydrogen-bond acceptors (Lipinski definition) is 3. The topological polar surface area (TPSA) is 52.4 Å². The molecule has 1 aromatic carbocycles. The van der Waals surface area contributed by atoms with Crippen molar-refractivity contribution < 1.29 is 14.1 Å². The van der Waals surface area contributed by atoms with Crippen LogP contribution in [0.25, 0.3) is 0 Å². The number of ether oxygens (including phenoxy) is 1. The van der Waals surface area contributed by atoms with Gasteiger partial charge in [0.25, 0.3) is 0 Å². The molecule has 0 saturated carbocycles. The van der Waals surface area contributed by atoms with Crippen molar-refractivity contribution in [3.8, 4) is 5.75 Å². The van der Waals surface area contributed by atoms with Crippen LogP contribution in [0.1, 0.15) is 5.56 Å². The summed E-state index contributed by atoms with van der Waals surface area (Å²) in [7, 11) is 0. The number of nitrogens with zero attached hydrogens (tertiary/aromatic N) is 1. The standard InChI is InChI=1S/C8H6FNO3/c9-6-3-5-1-2-13-8(5)7(4-6)10(11)12/h3-4H,1-2H2. The monoisotopic (exact) mass is 183 g/mol. The van der Waals surface area contributed by atoms with E-state index in [1.807, 2.05) is 0 Å². The van der Waals surface area contributed by atoms with Gasteiger partial charge in [0, 0.05) is 12.0 Å². The van der Waals surface area contributed by atoms with Crippen LogP contribution in [-0.2, 0) is 6.42 Å². The second-order valence-electron chi connectivity index (χ2n) is 2.77. The minimum atomic E-state index is -0.632. The van der Waals surface area contributed by atoms with Gasteiger partial charge < -0.3 is 4.74 Å². The van der Waals surface area contributed by atoms with E-state index in [9.17, 15) is 14.5 Å². The minimum Gasteiger partial charge on any atom is -0.486 e. The average molecular weight is 183 g/mol. The van der Waals surface area contributed by atoms with E-state index in [1.165, 1.54) is 6.07 Å². The van der Waals surface area contributed by atoms with Gasteiger partial charge in [-0.15, -0.1) is 0 Å². The summed E-state index contributed by atoms with van der Waals surface area (Å²) in [6.45, 7) is 0.389. The quantitative estimate of drug-likeness (QED) is 0.491. The van der Waals surface area contributed by atoms with Crippen LogP contribution in [0.4, 0.5) is 10.1 Å². The van der Waals surface area contributed by atoms with Crippen LogP contribution in [0.3, 0.4) is 0 Å². The Bertz CT molecular complexity index is 378. The Morgan fingerprint density at radius 1 is 1.54 bits per heavy atom. The van der Waals surface area contributed by atoms with Gasteiger partial charge in [-0.3, -0.25) is 10.1 Å². The molecule has 0 fully saturated rings. The van der Waals surface area contributed by atoms with Gasteiger partial charge in [0.2, 0.25) is 5.75 Å². The molecule has 1 aromatic rings. The zero-order valence-electron chi connectivity index (χ0n) is 6.62. The summed E-state index contributed by atoms with van der Waals surface area (Å²) in [5, 5.41) is 10.5. The van der Waals surface area contributed by atoms with E-state index < -0.39 is 10.7 Å². The molecule has 13 heavy (non-hydrogen) atoms. The molecule has 0 spiro atoms. The van der Waals surface area contributed by atoms with Crippen LogP contribution < -0.4 is 4.74 Å². The normalized spacial score (nSPS) is 13.6. The Labute approximate surface area is 73.1 Å². The second-order valence-corrected chi connectivity index (χ2v) is 2.77. The van der Waals surface area contributed by atoms with E-state index in [4.69, 9.17) is 4.74 Å². The van der Waals surface area contributed by atoms with E-state index in [0.717, 1.165) is 6.07 Å². The average Bonchev–Trinajstić information content (AvgIpc) is 2.49. The Hall–Kier alpha value is -1.65. The predicted octanol–water partition coefficient (Wildman–Crippen LogP) is 1.67. The van der Waals surface area contributed by atoms with Crippen molar-refractivity contribution in [2.75, 3.05) is 6.61 Å². The third-order valence-electron chi connectivity index (χ3n) is 1.93. The first-order valence-electron chi connectivity index (χ1n) is 3.78. The lowest BCUT2D eigenvalue weighted by atomic mass is 10.1. The van der Waals surface area contributed by atoms with E-state index in [0.29, 0.717) is 18.6 Å². The fourth-order valence-electron chi connectivity index (χ4n) is 1.39. The molecule has 0 saturated heterocycles. The molecule has 0 amide bonds. The SMILES string of the molecule is O=[N+]([O-])c1cc(F)cc2c1OCC2. The number of benzene rings is 1. The summed E-state index contributed by atoms with van der Waals surface area (Å²) in [6.07, 6.45) is 0.536. The Balaban J connectivity index is 2.62. The first-order valence-corrected chi connectivity index (χ1v) is 3.78. The van der Waals surface area contributed by atoms with E-state index >= 15 is 0 Å². The van der Waals surface area contributed by atoms with Crippen molar-refractivity contribution >= 4 is 5.69 Å². The van der Waals surface area contributed by atoms with E-state index in [-0.39, 0.29) is 11.4 Å². The number of rotatable bonds is 1. The highest BCUT2D eigenvalue weighted by atomic mass is 19.1. The molecule has 0 N–H and O–H groups in total. The van der Waals surface area contributed by atoms with Crippen molar-refractivity contribution in [1.29, 1.82) is 0 Å². The molecule has 1 aliphatic heterocycles. The van der Waals surface area contributed by atoms with Gasteiger partial charge in [-0.1, -0.05) is 0 Å². The fourth-order valence-corrected chi connectivity index (χ4v) is 1.39. The van der Waals surface area contributed by atoms with E-state index in [2.05, 4.69) is 0 Å². The lowest BCUT2D eigenvalue weighted by molar-refractivity contribution is -0.385. The van der Waals surface area contributed by atoms with Crippen molar-refractivity contribution in [3.05, 3.63) is 33.6 Å².